The van der Waals surface area contributed by atoms with Crippen LogP contribution in [-0.4, -0.2) is 49.7 Å². The first-order valence-corrected chi connectivity index (χ1v) is 10.9. The lowest BCUT2D eigenvalue weighted by atomic mass is 9.81. The van der Waals surface area contributed by atoms with Crippen molar-refractivity contribution < 1.29 is 18.1 Å². The van der Waals surface area contributed by atoms with Crippen molar-refractivity contribution >= 4 is 27.1 Å². The van der Waals surface area contributed by atoms with Crippen molar-refractivity contribution in [3.63, 3.8) is 0 Å². The fourth-order valence-electron chi connectivity index (χ4n) is 3.71. The van der Waals surface area contributed by atoms with Gasteiger partial charge in [-0.3, -0.25) is 15.5 Å². The highest BCUT2D eigenvalue weighted by Crippen LogP contribution is 2.31. The zero-order valence-corrected chi connectivity index (χ0v) is 16.9. The molecule has 1 aliphatic heterocycles. The smallest absolute Gasteiger partial charge is 0.295 e. The van der Waals surface area contributed by atoms with E-state index in [4.69, 9.17) is 4.74 Å². The van der Waals surface area contributed by atoms with Gasteiger partial charge in [0.25, 0.3) is 5.69 Å². The van der Waals surface area contributed by atoms with E-state index in [2.05, 4.69) is 24.4 Å². The van der Waals surface area contributed by atoms with Crippen LogP contribution < -0.4 is 5.43 Å². The van der Waals surface area contributed by atoms with Gasteiger partial charge in [-0.05, 0) is 36.8 Å². The second-order valence-corrected chi connectivity index (χ2v) is 9.27. The van der Waals surface area contributed by atoms with Crippen LogP contribution in [0.3, 0.4) is 0 Å². The molecule has 0 aromatic heterocycles. The molecule has 154 valence electrons. The molecule has 0 radical (unpaired) electrons. The van der Waals surface area contributed by atoms with Gasteiger partial charge in [-0.15, -0.1) is 0 Å². The van der Waals surface area contributed by atoms with Gasteiger partial charge in [0.1, 0.15) is 5.69 Å². The van der Waals surface area contributed by atoms with Crippen LogP contribution in [0, 0.1) is 22.0 Å². The number of morpholine rings is 1. The number of anilines is 1. The number of hydrogen-bond acceptors (Lipinski definition) is 7. The average molecular weight is 410 g/mol. The Labute approximate surface area is 165 Å². The second-order valence-electron chi connectivity index (χ2n) is 7.33. The maximum absolute atomic E-state index is 12.8. The highest BCUT2D eigenvalue weighted by molar-refractivity contribution is 7.89. The molecule has 0 unspecified atom stereocenters. The molecule has 1 aliphatic carbocycles. The van der Waals surface area contributed by atoms with Crippen LogP contribution in [0.25, 0.3) is 0 Å². The summed E-state index contributed by atoms with van der Waals surface area (Å²) in [6.45, 7) is 5.30. The SMILES string of the molecule is C[C@@H]1CCC[C@H](C)C1=NNc1ccc(S(=O)(=O)N2CCOCC2)cc1[N+](=O)[O-]. The molecule has 0 spiro atoms. The summed E-state index contributed by atoms with van der Waals surface area (Å²) in [6.07, 6.45) is 3.24. The van der Waals surface area contributed by atoms with Crippen LogP contribution in [0.5, 0.6) is 0 Å². The predicted molar refractivity (Wildman–Crippen MR) is 106 cm³/mol. The number of hydrazone groups is 1. The number of nitrogens with zero attached hydrogens (tertiary/aromatic N) is 3. The molecule has 9 nitrogen and oxygen atoms in total. The van der Waals surface area contributed by atoms with E-state index in [1.54, 1.807) is 0 Å². The van der Waals surface area contributed by atoms with Gasteiger partial charge in [0, 0.05) is 24.9 Å². The standard InChI is InChI=1S/C18H26N4O5S/c1-13-4-3-5-14(2)18(13)20-19-16-7-6-15(12-17(16)22(23)24)28(25,26)21-8-10-27-11-9-21/h6-7,12-14,19H,3-5,8-11H2,1-2H3/t13-,14+. The zero-order chi connectivity index (χ0) is 20.3. The Morgan fingerprint density at radius 1 is 1.21 bits per heavy atom. The van der Waals surface area contributed by atoms with Crippen LogP contribution in [0.1, 0.15) is 33.1 Å². The maximum atomic E-state index is 12.8. The van der Waals surface area contributed by atoms with E-state index < -0.39 is 14.9 Å². The summed E-state index contributed by atoms with van der Waals surface area (Å²) in [7, 11) is -3.80. The summed E-state index contributed by atoms with van der Waals surface area (Å²) in [5, 5.41) is 16.0. The molecular weight excluding hydrogens is 384 g/mol. The van der Waals surface area contributed by atoms with Gasteiger partial charge in [0.05, 0.1) is 23.0 Å². The van der Waals surface area contributed by atoms with Crippen molar-refractivity contribution in [2.45, 2.75) is 38.0 Å². The van der Waals surface area contributed by atoms with Crippen LogP contribution in [-0.2, 0) is 14.8 Å². The summed E-state index contributed by atoms with van der Waals surface area (Å²) in [5.41, 5.74) is 3.67. The van der Waals surface area contributed by atoms with Gasteiger partial charge in [0.15, 0.2) is 0 Å². The summed E-state index contributed by atoms with van der Waals surface area (Å²) in [5.74, 6) is 0.632. The van der Waals surface area contributed by atoms with Crippen molar-refractivity contribution in [1.29, 1.82) is 0 Å². The first-order chi connectivity index (χ1) is 13.3. The lowest BCUT2D eigenvalue weighted by molar-refractivity contribution is -0.384. The zero-order valence-electron chi connectivity index (χ0n) is 16.1. The van der Waals surface area contributed by atoms with E-state index >= 15 is 0 Å². The van der Waals surface area contributed by atoms with Gasteiger partial charge in [-0.2, -0.15) is 9.41 Å². The van der Waals surface area contributed by atoms with Crippen molar-refractivity contribution in [2.75, 3.05) is 31.7 Å². The largest absolute Gasteiger partial charge is 0.379 e. The fraction of sp³-hybridized carbons (Fsp3) is 0.611. The lowest BCUT2D eigenvalue weighted by Crippen LogP contribution is -2.40. The first kappa shape index (κ1) is 20.7. The molecule has 1 aromatic rings. The molecule has 0 bridgehead atoms. The summed E-state index contributed by atoms with van der Waals surface area (Å²) in [6, 6.07) is 3.89. The third-order valence-electron chi connectivity index (χ3n) is 5.36. The minimum atomic E-state index is -3.80. The number of benzene rings is 1. The Kier molecular flexibility index (Phi) is 6.31. The van der Waals surface area contributed by atoms with E-state index in [1.807, 2.05) is 0 Å². The van der Waals surface area contributed by atoms with Gasteiger partial charge in [-0.25, -0.2) is 8.42 Å². The van der Waals surface area contributed by atoms with Crippen LogP contribution >= 0.6 is 0 Å². The molecule has 0 amide bonds. The van der Waals surface area contributed by atoms with Gasteiger partial charge < -0.3 is 4.74 Å². The predicted octanol–water partition coefficient (Wildman–Crippen LogP) is 2.84. The van der Waals surface area contributed by atoms with Gasteiger partial charge in [0.2, 0.25) is 10.0 Å². The Morgan fingerprint density at radius 3 is 2.46 bits per heavy atom. The number of nitro groups is 1. The van der Waals surface area contributed by atoms with E-state index in [9.17, 15) is 18.5 Å². The van der Waals surface area contributed by atoms with Crippen molar-refractivity contribution in [1.82, 2.24) is 4.31 Å². The van der Waals surface area contributed by atoms with Crippen LogP contribution in [0.2, 0.25) is 0 Å². The minimum Gasteiger partial charge on any atom is -0.379 e. The molecule has 1 saturated heterocycles. The van der Waals surface area contributed by atoms with Crippen LogP contribution in [0.4, 0.5) is 11.4 Å². The molecule has 2 atom stereocenters. The van der Waals surface area contributed by atoms with E-state index in [0.717, 1.165) is 31.0 Å². The molecule has 1 aromatic carbocycles. The maximum Gasteiger partial charge on any atom is 0.295 e. The third-order valence-corrected chi connectivity index (χ3v) is 7.26. The topological polar surface area (TPSA) is 114 Å². The molecule has 1 N–H and O–H groups in total. The third kappa shape index (κ3) is 4.34. The summed E-state index contributed by atoms with van der Waals surface area (Å²) >= 11 is 0. The first-order valence-electron chi connectivity index (χ1n) is 9.50. The number of rotatable bonds is 5. The van der Waals surface area contributed by atoms with Crippen molar-refractivity contribution in [2.24, 2.45) is 16.9 Å². The quantitative estimate of drug-likeness (QED) is 0.590. The monoisotopic (exact) mass is 410 g/mol. The molecule has 2 fully saturated rings. The molecule has 1 saturated carbocycles. The van der Waals surface area contributed by atoms with E-state index in [1.165, 1.54) is 16.4 Å². The Morgan fingerprint density at radius 2 is 1.86 bits per heavy atom. The molecule has 1 heterocycles. The average Bonchev–Trinajstić information content (AvgIpc) is 2.68. The number of hydrogen-bond donors (Lipinski definition) is 1. The molecule has 2 aliphatic rings. The summed E-state index contributed by atoms with van der Waals surface area (Å²) < 4.78 is 32.0. The fourth-order valence-corrected chi connectivity index (χ4v) is 5.14. The van der Waals surface area contributed by atoms with Crippen molar-refractivity contribution in [3.05, 3.63) is 28.3 Å². The Hall–Kier alpha value is -2.04. The number of nitrogens with one attached hydrogen (secondary N) is 1. The minimum absolute atomic E-state index is 0.0984. The van der Waals surface area contributed by atoms with Gasteiger partial charge in [-0.1, -0.05) is 20.3 Å². The molecule has 3 rings (SSSR count). The van der Waals surface area contributed by atoms with Crippen molar-refractivity contribution in [3.8, 4) is 0 Å². The Balaban J connectivity index is 1.88. The molecule has 28 heavy (non-hydrogen) atoms. The lowest BCUT2D eigenvalue weighted by Gasteiger charge is -2.26. The number of sulfonamides is 1. The van der Waals surface area contributed by atoms with E-state index in [-0.39, 0.29) is 29.4 Å². The normalized spacial score (nSPS) is 25.6. The van der Waals surface area contributed by atoms with Crippen LogP contribution in [0.15, 0.2) is 28.2 Å². The number of nitro benzene ring substituents is 1. The second kappa shape index (κ2) is 8.54. The molecule has 10 heteroatoms. The summed E-state index contributed by atoms with van der Waals surface area (Å²) in [4.78, 5) is 10.9. The molecular formula is C18H26N4O5S. The highest BCUT2D eigenvalue weighted by atomic mass is 32.2. The Bertz CT molecular complexity index is 853. The number of ether oxygens (including phenoxy) is 1. The van der Waals surface area contributed by atoms with Gasteiger partial charge >= 0.3 is 0 Å². The van der Waals surface area contributed by atoms with E-state index in [0.29, 0.717) is 25.0 Å². The highest BCUT2D eigenvalue weighted by Gasteiger charge is 2.29.